The summed E-state index contributed by atoms with van der Waals surface area (Å²) in [6, 6.07) is 21.3. The molecule has 7 heteroatoms. The summed E-state index contributed by atoms with van der Waals surface area (Å²) in [7, 11) is -3.50. The van der Waals surface area contributed by atoms with Gasteiger partial charge >= 0.3 is 0 Å². The van der Waals surface area contributed by atoms with Crippen LogP contribution in [-0.2, 0) is 14.8 Å². The summed E-state index contributed by atoms with van der Waals surface area (Å²) in [6.07, 6.45) is 4.79. The molecule has 1 amide bonds. The van der Waals surface area contributed by atoms with Crippen molar-refractivity contribution in [3.63, 3.8) is 0 Å². The molecular weight excluding hydrogens is 422 g/mol. The van der Waals surface area contributed by atoms with Gasteiger partial charge in [0.2, 0.25) is 15.9 Å². The number of nitrogens with one attached hydrogen (secondary N) is 1. The molecule has 0 bridgehead atoms. The number of hydrogen-bond donors (Lipinski definition) is 1. The summed E-state index contributed by atoms with van der Waals surface area (Å²) in [4.78, 5) is 17.3. The van der Waals surface area contributed by atoms with Gasteiger partial charge in [-0.15, -0.1) is 0 Å². The van der Waals surface area contributed by atoms with Crippen molar-refractivity contribution in [1.29, 1.82) is 0 Å². The highest BCUT2D eigenvalue weighted by Crippen LogP contribution is 2.20. The molecule has 0 aliphatic carbocycles. The average Bonchev–Trinajstić information content (AvgIpc) is 2.83. The number of carbonyl (C=O) groups is 1. The van der Waals surface area contributed by atoms with E-state index in [0.29, 0.717) is 13.1 Å². The molecule has 0 radical (unpaired) electrons. The summed E-state index contributed by atoms with van der Waals surface area (Å²) in [5.74, 6) is -0.274. The summed E-state index contributed by atoms with van der Waals surface area (Å²) < 4.78 is 26.6. The van der Waals surface area contributed by atoms with E-state index in [1.54, 1.807) is 36.5 Å². The number of carbonyl (C=O) groups excluding carboxylic acids is 1. The Balaban J connectivity index is 1.74. The number of aromatic nitrogens is 1. The Kier molecular flexibility index (Phi) is 7.92. The number of nitrogens with zero attached hydrogens (tertiary/aromatic N) is 2. The predicted molar refractivity (Wildman–Crippen MR) is 126 cm³/mol. The van der Waals surface area contributed by atoms with Crippen molar-refractivity contribution in [2.24, 2.45) is 0 Å². The Morgan fingerprint density at radius 3 is 2.22 bits per heavy atom. The van der Waals surface area contributed by atoms with Crippen LogP contribution in [0.2, 0.25) is 0 Å². The first kappa shape index (κ1) is 23.4. The highest BCUT2D eigenvalue weighted by atomic mass is 32.2. The molecule has 1 atom stereocenters. The third kappa shape index (κ3) is 5.69. The Morgan fingerprint density at radius 1 is 0.969 bits per heavy atom. The first-order valence-electron chi connectivity index (χ1n) is 10.5. The summed E-state index contributed by atoms with van der Waals surface area (Å²) >= 11 is 0. The van der Waals surface area contributed by atoms with Crippen LogP contribution in [0, 0.1) is 0 Å². The molecule has 0 spiro atoms. The molecule has 2 aromatic carbocycles. The lowest BCUT2D eigenvalue weighted by atomic mass is 10.0. The van der Waals surface area contributed by atoms with Gasteiger partial charge in [0.1, 0.15) is 0 Å². The fourth-order valence-corrected chi connectivity index (χ4v) is 4.80. The molecule has 1 unspecified atom stereocenters. The van der Waals surface area contributed by atoms with Crippen LogP contribution in [-0.4, -0.2) is 36.7 Å². The molecule has 32 heavy (non-hydrogen) atoms. The van der Waals surface area contributed by atoms with Crippen molar-refractivity contribution in [1.82, 2.24) is 14.6 Å². The van der Waals surface area contributed by atoms with Crippen LogP contribution in [0.3, 0.4) is 0 Å². The lowest BCUT2D eigenvalue weighted by Gasteiger charge is -2.18. The monoisotopic (exact) mass is 449 g/mol. The van der Waals surface area contributed by atoms with Crippen molar-refractivity contribution in [3.05, 3.63) is 102 Å². The molecule has 1 heterocycles. The van der Waals surface area contributed by atoms with E-state index in [1.165, 1.54) is 10.4 Å². The number of pyridine rings is 1. The number of sulfonamides is 1. The zero-order valence-corrected chi connectivity index (χ0v) is 19.0. The van der Waals surface area contributed by atoms with E-state index in [9.17, 15) is 13.2 Å². The fraction of sp³-hybridized carbons (Fsp3) is 0.200. The topological polar surface area (TPSA) is 79.4 Å². The van der Waals surface area contributed by atoms with Crippen LogP contribution >= 0.6 is 0 Å². The predicted octanol–water partition coefficient (Wildman–Crippen LogP) is 4.03. The van der Waals surface area contributed by atoms with Gasteiger partial charge in [0.15, 0.2) is 0 Å². The molecule has 3 rings (SSSR count). The van der Waals surface area contributed by atoms with Crippen LogP contribution in [0.15, 0.2) is 90.0 Å². The van der Waals surface area contributed by atoms with Gasteiger partial charge in [-0.1, -0.05) is 62.4 Å². The Morgan fingerprint density at radius 2 is 1.62 bits per heavy atom. The minimum absolute atomic E-state index is 0.238. The van der Waals surface area contributed by atoms with Gasteiger partial charge < -0.3 is 5.32 Å². The van der Waals surface area contributed by atoms with Crippen LogP contribution in [0.5, 0.6) is 0 Å². The van der Waals surface area contributed by atoms with Gasteiger partial charge in [-0.2, -0.15) is 4.31 Å². The summed E-state index contributed by atoms with van der Waals surface area (Å²) in [5, 5.41) is 2.99. The van der Waals surface area contributed by atoms with E-state index in [2.05, 4.69) is 10.3 Å². The van der Waals surface area contributed by atoms with E-state index in [4.69, 9.17) is 0 Å². The average molecular weight is 450 g/mol. The van der Waals surface area contributed by atoms with Crippen molar-refractivity contribution >= 4 is 22.0 Å². The molecule has 0 saturated heterocycles. The van der Waals surface area contributed by atoms with E-state index in [1.807, 2.05) is 62.4 Å². The highest BCUT2D eigenvalue weighted by Gasteiger charge is 2.21. The SMILES string of the molecule is CCN(CC)S(=O)(=O)c1ccc(/C=C/C(=O)NC(c2ccccc2)c2ccccn2)cc1. The minimum Gasteiger partial charge on any atom is -0.340 e. The van der Waals surface area contributed by atoms with Crippen molar-refractivity contribution < 1.29 is 13.2 Å². The first-order valence-corrected chi connectivity index (χ1v) is 11.9. The van der Waals surface area contributed by atoms with Gasteiger partial charge in [0.05, 0.1) is 16.6 Å². The quantitative estimate of drug-likeness (QED) is 0.500. The van der Waals surface area contributed by atoms with Crippen LogP contribution < -0.4 is 5.32 Å². The van der Waals surface area contributed by atoms with Gasteiger partial charge in [0, 0.05) is 25.4 Å². The van der Waals surface area contributed by atoms with Crippen LogP contribution in [0.4, 0.5) is 0 Å². The summed E-state index contributed by atoms with van der Waals surface area (Å²) in [5.41, 5.74) is 2.40. The Labute approximate surface area is 189 Å². The second-order valence-electron chi connectivity index (χ2n) is 7.10. The molecule has 1 N–H and O–H groups in total. The molecular formula is C25H27N3O3S. The van der Waals surface area contributed by atoms with Crippen molar-refractivity contribution in [2.45, 2.75) is 24.8 Å². The first-order chi connectivity index (χ1) is 15.5. The van der Waals surface area contributed by atoms with Gasteiger partial charge in [-0.3, -0.25) is 9.78 Å². The third-order valence-electron chi connectivity index (χ3n) is 5.05. The maximum atomic E-state index is 12.6. The van der Waals surface area contributed by atoms with E-state index in [0.717, 1.165) is 16.8 Å². The smallest absolute Gasteiger partial charge is 0.244 e. The lowest BCUT2D eigenvalue weighted by Crippen LogP contribution is -2.30. The standard InChI is InChI=1S/C25H27N3O3S/c1-3-28(4-2)32(30,31)22-16-13-20(14-17-22)15-18-24(29)27-25(21-10-6-5-7-11-21)23-12-8-9-19-26-23/h5-19,25H,3-4H2,1-2H3,(H,27,29)/b18-15+. The van der Waals surface area contributed by atoms with E-state index >= 15 is 0 Å². The van der Waals surface area contributed by atoms with Crippen molar-refractivity contribution in [2.75, 3.05) is 13.1 Å². The van der Waals surface area contributed by atoms with E-state index < -0.39 is 10.0 Å². The molecule has 6 nitrogen and oxygen atoms in total. The van der Waals surface area contributed by atoms with Crippen molar-refractivity contribution in [3.8, 4) is 0 Å². The molecule has 0 aliphatic heterocycles. The number of amides is 1. The van der Waals surface area contributed by atoms with Crippen LogP contribution in [0.25, 0.3) is 6.08 Å². The fourth-order valence-electron chi connectivity index (χ4n) is 3.35. The van der Waals surface area contributed by atoms with Gasteiger partial charge in [-0.25, -0.2) is 8.42 Å². The van der Waals surface area contributed by atoms with E-state index in [-0.39, 0.29) is 16.8 Å². The normalized spacial score (nSPS) is 12.7. The minimum atomic E-state index is -3.50. The third-order valence-corrected chi connectivity index (χ3v) is 7.12. The zero-order chi connectivity index (χ0) is 23.0. The zero-order valence-electron chi connectivity index (χ0n) is 18.2. The van der Waals surface area contributed by atoms with Gasteiger partial charge in [0.25, 0.3) is 0 Å². The second-order valence-corrected chi connectivity index (χ2v) is 9.04. The Hall–Kier alpha value is -3.29. The molecule has 0 fully saturated rings. The van der Waals surface area contributed by atoms with Gasteiger partial charge in [-0.05, 0) is 41.5 Å². The largest absolute Gasteiger partial charge is 0.340 e. The number of benzene rings is 2. The maximum Gasteiger partial charge on any atom is 0.244 e. The number of hydrogen-bond acceptors (Lipinski definition) is 4. The lowest BCUT2D eigenvalue weighted by molar-refractivity contribution is -0.116. The molecule has 0 aliphatic rings. The molecule has 0 saturated carbocycles. The highest BCUT2D eigenvalue weighted by molar-refractivity contribution is 7.89. The maximum absolute atomic E-state index is 12.6. The number of rotatable bonds is 9. The molecule has 1 aromatic heterocycles. The van der Waals surface area contributed by atoms with Crippen LogP contribution in [0.1, 0.15) is 36.7 Å². The molecule has 3 aromatic rings. The Bertz CT molecular complexity index is 1100. The molecule has 166 valence electrons. The second kappa shape index (κ2) is 10.8. The summed E-state index contributed by atoms with van der Waals surface area (Å²) in [6.45, 7) is 4.45.